The van der Waals surface area contributed by atoms with Crippen LogP contribution in [0.4, 0.5) is 5.69 Å². The van der Waals surface area contributed by atoms with Crippen LogP contribution in [0.5, 0.6) is 0 Å². The van der Waals surface area contributed by atoms with Crippen molar-refractivity contribution in [3.63, 3.8) is 0 Å². The molecule has 0 unspecified atom stereocenters. The predicted molar refractivity (Wildman–Crippen MR) is 82.7 cm³/mol. The Hall–Kier alpha value is -1.57. The molecule has 1 aromatic carbocycles. The molecule has 0 aliphatic rings. The van der Waals surface area contributed by atoms with E-state index in [-0.39, 0.29) is 6.61 Å². The van der Waals surface area contributed by atoms with Gasteiger partial charge in [-0.1, -0.05) is 13.0 Å². The number of nitrogens with zero attached hydrogens (tertiary/aromatic N) is 2. The summed E-state index contributed by atoms with van der Waals surface area (Å²) >= 11 is 0. The van der Waals surface area contributed by atoms with Gasteiger partial charge in [-0.25, -0.2) is 0 Å². The number of aliphatic hydroxyl groups excluding tert-OH is 1. The number of hydrogen-bond acceptors (Lipinski definition) is 4. The van der Waals surface area contributed by atoms with Gasteiger partial charge in [-0.15, -0.1) is 0 Å². The van der Waals surface area contributed by atoms with E-state index in [0.717, 1.165) is 30.9 Å². The van der Waals surface area contributed by atoms with Gasteiger partial charge < -0.3 is 15.3 Å². The van der Waals surface area contributed by atoms with Gasteiger partial charge in [0.15, 0.2) is 0 Å². The summed E-state index contributed by atoms with van der Waals surface area (Å²) in [6.07, 6.45) is 0.711. The molecule has 1 aromatic rings. The summed E-state index contributed by atoms with van der Waals surface area (Å²) in [5.74, 6) is 0. The second kappa shape index (κ2) is 8.57. The van der Waals surface area contributed by atoms with Crippen LogP contribution < -0.4 is 10.2 Å². The minimum atomic E-state index is 0.170. The molecular formula is C16H25N3O. The second-order valence-electron chi connectivity index (χ2n) is 5.11. The molecule has 0 fully saturated rings. The molecule has 0 amide bonds. The van der Waals surface area contributed by atoms with Gasteiger partial charge in [-0.3, -0.25) is 0 Å². The summed E-state index contributed by atoms with van der Waals surface area (Å²) in [6, 6.07) is 8.62. The Morgan fingerprint density at radius 1 is 1.40 bits per heavy atom. The van der Waals surface area contributed by atoms with Gasteiger partial charge in [0.25, 0.3) is 0 Å². The molecule has 0 aliphatic heterocycles. The fraction of sp³-hybridized carbons (Fsp3) is 0.562. The molecule has 0 aliphatic carbocycles. The lowest BCUT2D eigenvalue weighted by atomic mass is 10.1. The first kappa shape index (κ1) is 16.5. The Labute approximate surface area is 122 Å². The standard InChI is InChI=1S/C16H25N3O/c1-4-18-12-14-6-7-16(15(10-14)11-17)19(13(2)3)8-5-9-20/h6-7,10,13,18,20H,4-5,8-9,12H2,1-3H3. The third-order valence-corrected chi connectivity index (χ3v) is 3.25. The highest BCUT2D eigenvalue weighted by molar-refractivity contribution is 5.61. The fourth-order valence-corrected chi connectivity index (χ4v) is 2.20. The van der Waals surface area contributed by atoms with E-state index in [1.165, 1.54) is 0 Å². The maximum absolute atomic E-state index is 9.38. The molecule has 0 bridgehead atoms. The lowest BCUT2D eigenvalue weighted by molar-refractivity contribution is 0.288. The topological polar surface area (TPSA) is 59.3 Å². The average Bonchev–Trinajstić information content (AvgIpc) is 2.45. The van der Waals surface area contributed by atoms with Crippen molar-refractivity contribution in [1.29, 1.82) is 5.26 Å². The van der Waals surface area contributed by atoms with Gasteiger partial charge in [-0.2, -0.15) is 5.26 Å². The van der Waals surface area contributed by atoms with Crippen LogP contribution in [0.3, 0.4) is 0 Å². The third-order valence-electron chi connectivity index (χ3n) is 3.25. The van der Waals surface area contributed by atoms with Crippen molar-refractivity contribution >= 4 is 5.69 Å². The molecule has 110 valence electrons. The smallest absolute Gasteiger partial charge is 0.101 e. The van der Waals surface area contributed by atoms with Crippen LogP contribution in [0.15, 0.2) is 18.2 Å². The minimum absolute atomic E-state index is 0.170. The monoisotopic (exact) mass is 275 g/mol. The molecule has 20 heavy (non-hydrogen) atoms. The zero-order chi connectivity index (χ0) is 15.0. The van der Waals surface area contributed by atoms with Crippen molar-refractivity contribution in [2.45, 2.75) is 39.8 Å². The van der Waals surface area contributed by atoms with Crippen LogP contribution in [-0.2, 0) is 6.54 Å². The SMILES string of the molecule is CCNCc1ccc(N(CCCO)C(C)C)c(C#N)c1. The van der Waals surface area contributed by atoms with E-state index in [1.54, 1.807) is 0 Å². The Morgan fingerprint density at radius 2 is 2.15 bits per heavy atom. The van der Waals surface area contributed by atoms with Crippen molar-refractivity contribution in [1.82, 2.24) is 5.32 Å². The van der Waals surface area contributed by atoms with Crippen molar-refractivity contribution in [2.75, 3.05) is 24.6 Å². The van der Waals surface area contributed by atoms with Crippen LogP contribution in [0.2, 0.25) is 0 Å². The van der Waals surface area contributed by atoms with Gasteiger partial charge in [0.05, 0.1) is 11.3 Å². The summed E-state index contributed by atoms with van der Waals surface area (Å²) in [6.45, 7) is 8.90. The Balaban J connectivity index is 3.00. The largest absolute Gasteiger partial charge is 0.396 e. The Bertz CT molecular complexity index is 452. The molecule has 0 radical (unpaired) electrons. The zero-order valence-electron chi connectivity index (χ0n) is 12.7. The van der Waals surface area contributed by atoms with Crippen molar-refractivity contribution in [3.05, 3.63) is 29.3 Å². The molecule has 1 rings (SSSR count). The lowest BCUT2D eigenvalue weighted by Gasteiger charge is -2.30. The highest BCUT2D eigenvalue weighted by Gasteiger charge is 2.14. The maximum Gasteiger partial charge on any atom is 0.101 e. The van der Waals surface area contributed by atoms with Gasteiger partial charge in [0.2, 0.25) is 0 Å². The summed E-state index contributed by atoms with van der Waals surface area (Å²) in [5, 5.41) is 21.7. The summed E-state index contributed by atoms with van der Waals surface area (Å²) in [7, 11) is 0. The average molecular weight is 275 g/mol. The van der Waals surface area contributed by atoms with E-state index < -0.39 is 0 Å². The molecule has 0 saturated heterocycles. The second-order valence-corrected chi connectivity index (χ2v) is 5.11. The van der Waals surface area contributed by atoms with Crippen LogP contribution in [0.1, 0.15) is 38.3 Å². The predicted octanol–water partition coefficient (Wildman–Crippen LogP) is 2.26. The molecule has 0 atom stereocenters. The molecule has 0 heterocycles. The maximum atomic E-state index is 9.38. The Morgan fingerprint density at radius 3 is 2.70 bits per heavy atom. The highest BCUT2D eigenvalue weighted by atomic mass is 16.3. The number of nitriles is 1. The van der Waals surface area contributed by atoms with Crippen LogP contribution >= 0.6 is 0 Å². The third kappa shape index (κ3) is 4.52. The molecule has 0 saturated carbocycles. The molecule has 0 aromatic heterocycles. The van der Waals surface area contributed by atoms with Crippen molar-refractivity contribution in [2.24, 2.45) is 0 Å². The van der Waals surface area contributed by atoms with Crippen LogP contribution in [0, 0.1) is 11.3 Å². The first-order valence-corrected chi connectivity index (χ1v) is 7.25. The molecule has 0 spiro atoms. The van der Waals surface area contributed by atoms with Gasteiger partial charge in [0, 0.05) is 25.7 Å². The number of aliphatic hydroxyl groups is 1. The van der Waals surface area contributed by atoms with E-state index >= 15 is 0 Å². The van der Waals surface area contributed by atoms with Crippen molar-refractivity contribution in [3.8, 4) is 6.07 Å². The Kier molecular flexibility index (Phi) is 7.06. The molecular weight excluding hydrogens is 250 g/mol. The summed E-state index contributed by atoms with van der Waals surface area (Å²) < 4.78 is 0. The quantitative estimate of drug-likeness (QED) is 0.764. The van der Waals surface area contributed by atoms with Crippen LogP contribution in [0.25, 0.3) is 0 Å². The number of hydrogen-bond donors (Lipinski definition) is 2. The number of nitrogens with one attached hydrogen (secondary N) is 1. The van der Waals surface area contributed by atoms with Crippen molar-refractivity contribution < 1.29 is 5.11 Å². The van der Waals surface area contributed by atoms with E-state index in [4.69, 9.17) is 5.11 Å². The summed E-state index contributed by atoms with van der Waals surface area (Å²) in [4.78, 5) is 2.17. The molecule has 4 nitrogen and oxygen atoms in total. The normalized spacial score (nSPS) is 10.6. The van der Waals surface area contributed by atoms with Crippen LogP contribution in [-0.4, -0.2) is 30.8 Å². The first-order chi connectivity index (χ1) is 9.63. The molecule has 2 N–H and O–H groups in total. The van der Waals surface area contributed by atoms with E-state index in [2.05, 4.69) is 43.1 Å². The number of rotatable bonds is 8. The van der Waals surface area contributed by atoms with E-state index in [0.29, 0.717) is 18.0 Å². The lowest BCUT2D eigenvalue weighted by Crippen LogP contribution is -2.32. The zero-order valence-corrected chi connectivity index (χ0v) is 12.7. The number of benzene rings is 1. The first-order valence-electron chi connectivity index (χ1n) is 7.25. The highest BCUT2D eigenvalue weighted by Crippen LogP contribution is 2.23. The van der Waals surface area contributed by atoms with E-state index in [9.17, 15) is 5.26 Å². The van der Waals surface area contributed by atoms with Gasteiger partial charge in [-0.05, 0) is 44.5 Å². The van der Waals surface area contributed by atoms with Gasteiger partial charge >= 0.3 is 0 Å². The summed E-state index contributed by atoms with van der Waals surface area (Å²) in [5.41, 5.74) is 2.78. The van der Waals surface area contributed by atoms with Gasteiger partial charge in [0.1, 0.15) is 6.07 Å². The van der Waals surface area contributed by atoms with E-state index in [1.807, 2.05) is 12.1 Å². The molecule has 4 heteroatoms. The fourth-order valence-electron chi connectivity index (χ4n) is 2.20. The number of anilines is 1. The minimum Gasteiger partial charge on any atom is -0.396 e.